The first-order chi connectivity index (χ1) is 10.7. The Morgan fingerprint density at radius 1 is 0.913 bits per heavy atom. The Balaban J connectivity index is 1.93. The normalized spacial score (nSPS) is 19.1. The first-order valence-corrected chi connectivity index (χ1v) is 7.48. The molecule has 1 fully saturated rings. The van der Waals surface area contributed by atoms with Crippen LogP contribution in [-0.2, 0) is 9.31 Å². The molecule has 23 heavy (non-hydrogen) atoms. The van der Waals surface area contributed by atoms with Crippen molar-refractivity contribution in [3.8, 4) is 11.3 Å². The molecule has 0 saturated carbocycles. The van der Waals surface area contributed by atoms with Gasteiger partial charge in [0.25, 0.3) is 0 Å². The van der Waals surface area contributed by atoms with Gasteiger partial charge in [-0.3, -0.25) is 4.98 Å². The summed E-state index contributed by atoms with van der Waals surface area (Å²) in [5.41, 5.74) is 0.721. The van der Waals surface area contributed by atoms with E-state index in [2.05, 4.69) is 4.98 Å². The van der Waals surface area contributed by atoms with E-state index in [0.717, 1.165) is 12.1 Å². The van der Waals surface area contributed by atoms with Crippen molar-refractivity contribution in [2.24, 2.45) is 0 Å². The second-order valence-electron chi connectivity index (χ2n) is 6.66. The van der Waals surface area contributed by atoms with Crippen molar-refractivity contribution < 1.29 is 18.1 Å². The smallest absolute Gasteiger partial charge is 0.398 e. The highest BCUT2D eigenvalue weighted by molar-refractivity contribution is 6.61. The number of pyridine rings is 1. The van der Waals surface area contributed by atoms with E-state index in [-0.39, 0.29) is 0 Å². The van der Waals surface area contributed by atoms with Gasteiger partial charge in [-0.25, -0.2) is 8.78 Å². The quantitative estimate of drug-likeness (QED) is 0.796. The van der Waals surface area contributed by atoms with Gasteiger partial charge in [0.15, 0.2) is 11.6 Å². The molecule has 1 aliphatic heterocycles. The van der Waals surface area contributed by atoms with Crippen LogP contribution in [0.5, 0.6) is 0 Å². The van der Waals surface area contributed by atoms with E-state index >= 15 is 0 Å². The van der Waals surface area contributed by atoms with Crippen molar-refractivity contribution in [2.75, 3.05) is 0 Å². The topological polar surface area (TPSA) is 31.4 Å². The summed E-state index contributed by atoms with van der Waals surface area (Å²) in [5, 5.41) is 0. The fourth-order valence-corrected chi connectivity index (χ4v) is 2.36. The number of benzene rings is 1. The lowest BCUT2D eigenvalue weighted by Gasteiger charge is -2.32. The molecule has 120 valence electrons. The van der Waals surface area contributed by atoms with Crippen LogP contribution in [0.15, 0.2) is 36.4 Å². The predicted octanol–water partition coefficient (Wildman–Crippen LogP) is 3.33. The summed E-state index contributed by atoms with van der Waals surface area (Å²) in [6.07, 6.45) is 0. The lowest BCUT2D eigenvalue weighted by molar-refractivity contribution is 0.00578. The van der Waals surface area contributed by atoms with Gasteiger partial charge in [-0.15, -0.1) is 0 Å². The zero-order chi connectivity index (χ0) is 16.8. The zero-order valence-electron chi connectivity index (χ0n) is 13.6. The summed E-state index contributed by atoms with van der Waals surface area (Å²) in [5.74, 6) is -1.78. The Morgan fingerprint density at radius 3 is 2.17 bits per heavy atom. The van der Waals surface area contributed by atoms with E-state index in [4.69, 9.17) is 9.31 Å². The lowest BCUT2D eigenvalue weighted by Crippen LogP contribution is -2.41. The Morgan fingerprint density at radius 2 is 1.57 bits per heavy atom. The Hall–Kier alpha value is -1.79. The molecule has 2 aromatic rings. The van der Waals surface area contributed by atoms with Gasteiger partial charge >= 0.3 is 7.12 Å². The molecular weight excluding hydrogens is 299 g/mol. The maximum absolute atomic E-state index is 13.4. The van der Waals surface area contributed by atoms with Crippen molar-refractivity contribution in [1.29, 1.82) is 0 Å². The van der Waals surface area contributed by atoms with Crippen molar-refractivity contribution in [3.63, 3.8) is 0 Å². The van der Waals surface area contributed by atoms with E-state index in [1.807, 2.05) is 27.7 Å². The molecule has 0 spiro atoms. The van der Waals surface area contributed by atoms with E-state index < -0.39 is 30.0 Å². The number of hydrogen-bond acceptors (Lipinski definition) is 3. The first kappa shape index (κ1) is 16.1. The number of halogens is 2. The van der Waals surface area contributed by atoms with Gasteiger partial charge in [0, 0.05) is 5.56 Å². The van der Waals surface area contributed by atoms with Crippen LogP contribution in [0, 0.1) is 11.6 Å². The van der Waals surface area contributed by atoms with Crippen molar-refractivity contribution in [3.05, 3.63) is 48.0 Å². The van der Waals surface area contributed by atoms with Gasteiger partial charge in [0.1, 0.15) is 0 Å². The lowest BCUT2D eigenvalue weighted by atomic mass is 9.84. The fraction of sp³-hybridized carbons (Fsp3) is 0.353. The van der Waals surface area contributed by atoms with Crippen LogP contribution < -0.4 is 5.59 Å². The molecule has 0 N–H and O–H groups in total. The highest BCUT2D eigenvalue weighted by Gasteiger charge is 2.52. The molecule has 0 atom stereocenters. The van der Waals surface area contributed by atoms with Gasteiger partial charge < -0.3 is 9.31 Å². The number of hydrogen-bond donors (Lipinski definition) is 0. The van der Waals surface area contributed by atoms with E-state index in [1.165, 1.54) is 6.07 Å². The number of aromatic nitrogens is 1. The van der Waals surface area contributed by atoms with Gasteiger partial charge in [0.05, 0.1) is 22.5 Å². The minimum Gasteiger partial charge on any atom is -0.398 e. The van der Waals surface area contributed by atoms with Crippen molar-refractivity contribution in [2.45, 2.75) is 38.9 Å². The third-order valence-corrected chi connectivity index (χ3v) is 4.48. The molecule has 1 saturated heterocycles. The van der Waals surface area contributed by atoms with Crippen LogP contribution in [0.1, 0.15) is 27.7 Å². The van der Waals surface area contributed by atoms with Crippen LogP contribution in [0.4, 0.5) is 8.78 Å². The zero-order valence-corrected chi connectivity index (χ0v) is 13.6. The summed E-state index contributed by atoms with van der Waals surface area (Å²) in [7, 11) is -0.592. The molecule has 1 aromatic carbocycles. The summed E-state index contributed by atoms with van der Waals surface area (Å²) < 4.78 is 38.4. The minimum absolute atomic E-state index is 0.461. The minimum atomic E-state index is -0.898. The molecule has 0 bridgehead atoms. The molecule has 3 rings (SSSR count). The Kier molecular flexibility index (Phi) is 3.77. The van der Waals surface area contributed by atoms with Crippen LogP contribution in [-0.4, -0.2) is 23.3 Å². The van der Waals surface area contributed by atoms with Crippen LogP contribution in [0.3, 0.4) is 0 Å². The average Bonchev–Trinajstić information content (AvgIpc) is 2.71. The third kappa shape index (κ3) is 2.89. The maximum atomic E-state index is 13.4. The predicted molar refractivity (Wildman–Crippen MR) is 85.3 cm³/mol. The van der Waals surface area contributed by atoms with Crippen LogP contribution in [0.2, 0.25) is 0 Å². The number of rotatable bonds is 2. The second kappa shape index (κ2) is 5.39. The molecule has 6 heteroatoms. The van der Waals surface area contributed by atoms with E-state index in [0.29, 0.717) is 16.9 Å². The fourth-order valence-electron chi connectivity index (χ4n) is 2.36. The highest BCUT2D eigenvalue weighted by atomic mass is 19.2. The van der Waals surface area contributed by atoms with Crippen LogP contribution in [0.25, 0.3) is 11.3 Å². The molecule has 0 aliphatic carbocycles. The largest absolute Gasteiger partial charge is 0.514 e. The Labute approximate surface area is 134 Å². The average molecular weight is 317 g/mol. The number of nitrogens with zero attached hydrogens (tertiary/aromatic N) is 1. The first-order valence-electron chi connectivity index (χ1n) is 7.48. The van der Waals surface area contributed by atoms with Gasteiger partial charge in [-0.05, 0) is 58.0 Å². The maximum Gasteiger partial charge on any atom is 0.514 e. The molecule has 3 nitrogen and oxygen atoms in total. The highest BCUT2D eigenvalue weighted by Crippen LogP contribution is 2.36. The summed E-state index contributed by atoms with van der Waals surface area (Å²) in [6, 6.07) is 9.05. The van der Waals surface area contributed by atoms with Crippen molar-refractivity contribution in [1.82, 2.24) is 4.98 Å². The van der Waals surface area contributed by atoms with Gasteiger partial charge in [-0.1, -0.05) is 6.07 Å². The van der Waals surface area contributed by atoms with E-state index in [9.17, 15) is 8.78 Å². The summed E-state index contributed by atoms with van der Waals surface area (Å²) >= 11 is 0. The standard InChI is InChI=1S/C17H18BF2NO2/c1-16(2)17(3,4)23-18(22-16)15-7-5-6-14(21-15)11-8-9-12(19)13(20)10-11/h5-10H,1-4H3. The van der Waals surface area contributed by atoms with Gasteiger partial charge in [0.2, 0.25) is 0 Å². The molecule has 1 aliphatic rings. The molecule has 2 heterocycles. The summed E-state index contributed by atoms with van der Waals surface area (Å²) in [6.45, 7) is 7.86. The molecule has 0 unspecified atom stereocenters. The molecule has 0 radical (unpaired) electrons. The van der Waals surface area contributed by atoms with Gasteiger partial charge in [-0.2, -0.15) is 0 Å². The van der Waals surface area contributed by atoms with Crippen LogP contribution >= 0.6 is 0 Å². The molecule has 0 amide bonds. The van der Waals surface area contributed by atoms with Crippen molar-refractivity contribution >= 4 is 12.7 Å². The SMILES string of the molecule is CC1(C)OB(c2cccc(-c3ccc(F)c(F)c3)n2)OC1(C)C. The molecular formula is C17H18BF2NO2. The Bertz CT molecular complexity index is 733. The van der Waals surface area contributed by atoms with E-state index in [1.54, 1.807) is 18.2 Å². The summed E-state index contributed by atoms with van der Waals surface area (Å²) in [4.78, 5) is 4.49. The second-order valence-corrected chi connectivity index (χ2v) is 6.66. The monoisotopic (exact) mass is 317 g/mol. The molecule has 1 aromatic heterocycles. The third-order valence-electron chi connectivity index (χ3n) is 4.48.